The van der Waals surface area contributed by atoms with Crippen LogP contribution in [-0.2, 0) is 22.5 Å². The van der Waals surface area contributed by atoms with Gasteiger partial charge in [-0.25, -0.2) is 0 Å². The second kappa shape index (κ2) is 11.2. The molecule has 3 heterocycles. The van der Waals surface area contributed by atoms with Crippen LogP contribution in [0.3, 0.4) is 0 Å². The lowest BCUT2D eigenvalue weighted by molar-refractivity contribution is 0.0827. The first kappa shape index (κ1) is 25.4. The molecule has 1 saturated heterocycles. The highest BCUT2D eigenvalue weighted by molar-refractivity contribution is 5.73. The van der Waals surface area contributed by atoms with Gasteiger partial charge in [0.05, 0.1) is 31.6 Å². The molecule has 180 valence electrons. The smallest absolute Gasteiger partial charge is 0.0819 e. The number of ether oxygens (including phenoxy) is 2. The van der Waals surface area contributed by atoms with Crippen molar-refractivity contribution in [3.8, 4) is 0 Å². The van der Waals surface area contributed by atoms with Crippen molar-refractivity contribution >= 4 is 5.57 Å². The molecule has 3 aliphatic rings. The summed E-state index contributed by atoms with van der Waals surface area (Å²) in [6, 6.07) is 0. The van der Waals surface area contributed by atoms with E-state index in [2.05, 4.69) is 40.7 Å². The number of hydrogen-bond donors (Lipinski definition) is 2. The van der Waals surface area contributed by atoms with Crippen molar-refractivity contribution in [2.75, 3.05) is 26.4 Å². The predicted molar refractivity (Wildman–Crippen MR) is 129 cm³/mol. The number of aliphatic hydroxyl groups excluding tert-OH is 2. The first-order chi connectivity index (χ1) is 15.3. The van der Waals surface area contributed by atoms with E-state index in [1.54, 1.807) is 0 Å². The molecular weight excluding hydrogens is 402 g/mol. The molecule has 0 saturated carbocycles. The SMILES string of the molecule is CC1(C)Cc2nc(C3CCOCC3)c(CO)c(C3=CCOCC3)c2C(O)C1.CCC(C)C. The van der Waals surface area contributed by atoms with Gasteiger partial charge in [-0.2, -0.15) is 0 Å². The molecule has 0 amide bonds. The van der Waals surface area contributed by atoms with Crippen LogP contribution in [0.2, 0.25) is 0 Å². The second-order valence-electron chi connectivity index (χ2n) is 10.7. The van der Waals surface area contributed by atoms with Gasteiger partial charge in [-0.1, -0.05) is 47.1 Å². The van der Waals surface area contributed by atoms with Gasteiger partial charge in [-0.3, -0.25) is 4.98 Å². The Morgan fingerprint density at radius 3 is 2.41 bits per heavy atom. The van der Waals surface area contributed by atoms with E-state index in [1.165, 1.54) is 12.0 Å². The van der Waals surface area contributed by atoms with E-state index in [9.17, 15) is 10.2 Å². The third-order valence-corrected chi connectivity index (χ3v) is 7.04. The van der Waals surface area contributed by atoms with E-state index in [4.69, 9.17) is 14.5 Å². The molecule has 1 unspecified atom stereocenters. The molecule has 2 N–H and O–H groups in total. The zero-order valence-electron chi connectivity index (χ0n) is 20.7. The van der Waals surface area contributed by atoms with Crippen LogP contribution in [0, 0.1) is 11.3 Å². The minimum Gasteiger partial charge on any atom is -0.392 e. The van der Waals surface area contributed by atoms with Crippen molar-refractivity contribution in [3.63, 3.8) is 0 Å². The Labute approximate surface area is 194 Å². The molecule has 1 aliphatic carbocycles. The summed E-state index contributed by atoms with van der Waals surface area (Å²) >= 11 is 0. The standard InChI is InChI=1S/C22H31NO4.C5H12/c1-22(2)11-17-20(18(25)12-22)19(14-3-7-26-8-4-14)16(13-24)21(23-17)15-5-9-27-10-6-15;1-4-5(2)3/h3,15,18,24-25H,4-13H2,1-2H3;5H,4H2,1-3H3. The van der Waals surface area contributed by atoms with Crippen LogP contribution in [0.1, 0.15) is 107 Å². The van der Waals surface area contributed by atoms with Gasteiger partial charge in [0, 0.05) is 36.0 Å². The molecule has 0 bridgehead atoms. The lowest BCUT2D eigenvalue weighted by Crippen LogP contribution is -2.30. The first-order valence-corrected chi connectivity index (χ1v) is 12.5. The Morgan fingerprint density at radius 1 is 1.16 bits per heavy atom. The molecular formula is C27H43NO4. The van der Waals surface area contributed by atoms with Crippen molar-refractivity contribution in [1.82, 2.24) is 4.98 Å². The van der Waals surface area contributed by atoms with Gasteiger partial charge in [0.1, 0.15) is 0 Å². The molecule has 0 radical (unpaired) electrons. The van der Waals surface area contributed by atoms with Crippen LogP contribution in [-0.4, -0.2) is 41.6 Å². The zero-order chi connectivity index (χ0) is 23.3. The molecule has 1 aromatic heterocycles. The molecule has 32 heavy (non-hydrogen) atoms. The number of rotatable bonds is 4. The maximum atomic E-state index is 11.0. The average Bonchev–Trinajstić information content (AvgIpc) is 2.78. The van der Waals surface area contributed by atoms with Crippen LogP contribution in [0.5, 0.6) is 0 Å². The minimum absolute atomic E-state index is 0.0222. The Balaban J connectivity index is 0.000000523. The largest absolute Gasteiger partial charge is 0.392 e. The summed E-state index contributed by atoms with van der Waals surface area (Å²) in [6.45, 7) is 13.8. The number of aromatic nitrogens is 1. The molecule has 5 heteroatoms. The van der Waals surface area contributed by atoms with E-state index < -0.39 is 6.10 Å². The van der Waals surface area contributed by atoms with E-state index in [0.717, 1.165) is 79.3 Å². The highest BCUT2D eigenvalue weighted by Crippen LogP contribution is 2.46. The Morgan fingerprint density at radius 2 is 1.84 bits per heavy atom. The lowest BCUT2D eigenvalue weighted by atomic mass is 9.71. The average molecular weight is 446 g/mol. The summed E-state index contributed by atoms with van der Waals surface area (Å²) in [5.41, 5.74) is 6.15. The summed E-state index contributed by atoms with van der Waals surface area (Å²) in [7, 11) is 0. The van der Waals surface area contributed by atoms with Gasteiger partial charge in [-0.15, -0.1) is 0 Å². The highest BCUT2D eigenvalue weighted by atomic mass is 16.5. The highest BCUT2D eigenvalue weighted by Gasteiger charge is 2.37. The number of aliphatic hydroxyl groups is 2. The van der Waals surface area contributed by atoms with Crippen LogP contribution in [0.4, 0.5) is 0 Å². The second-order valence-corrected chi connectivity index (χ2v) is 10.7. The summed E-state index contributed by atoms with van der Waals surface area (Å²) in [4.78, 5) is 5.08. The van der Waals surface area contributed by atoms with E-state index in [0.29, 0.717) is 19.1 Å². The zero-order valence-corrected chi connectivity index (χ0v) is 20.7. The van der Waals surface area contributed by atoms with Crippen molar-refractivity contribution in [1.29, 1.82) is 0 Å². The Bertz CT molecular complexity index is 793. The first-order valence-electron chi connectivity index (χ1n) is 12.5. The monoisotopic (exact) mass is 445 g/mol. The predicted octanol–water partition coefficient (Wildman–Crippen LogP) is 5.33. The Hall–Kier alpha value is -1.27. The summed E-state index contributed by atoms with van der Waals surface area (Å²) in [6.07, 6.45) is 7.14. The van der Waals surface area contributed by atoms with Crippen molar-refractivity contribution < 1.29 is 19.7 Å². The number of nitrogens with zero attached hydrogens (tertiary/aromatic N) is 1. The third kappa shape index (κ3) is 5.99. The quantitative estimate of drug-likeness (QED) is 0.655. The van der Waals surface area contributed by atoms with Gasteiger partial charge in [0.15, 0.2) is 0 Å². The third-order valence-electron chi connectivity index (χ3n) is 7.04. The van der Waals surface area contributed by atoms with Crippen molar-refractivity contribution in [3.05, 3.63) is 34.2 Å². The molecule has 1 fully saturated rings. The van der Waals surface area contributed by atoms with Gasteiger partial charge < -0.3 is 19.7 Å². The molecule has 0 aromatic carbocycles. The molecule has 2 aliphatic heterocycles. The van der Waals surface area contributed by atoms with Gasteiger partial charge in [-0.05, 0) is 54.6 Å². The fraction of sp³-hybridized carbons (Fsp3) is 0.741. The molecule has 1 aromatic rings. The Kier molecular flexibility index (Phi) is 8.90. The maximum absolute atomic E-state index is 11.0. The van der Waals surface area contributed by atoms with E-state index in [1.807, 2.05) is 0 Å². The fourth-order valence-electron chi connectivity index (χ4n) is 4.94. The number of fused-ring (bicyclic) bond motifs is 1. The van der Waals surface area contributed by atoms with E-state index >= 15 is 0 Å². The maximum Gasteiger partial charge on any atom is 0.0819 e. The van der Waals surface area contributed by atoms with Crippen LogP contribution >= 0.6 is 0 Å². The number of hydrogen-bond acceptors (Lipinski definition) is 5. The van der Waals surface area contributed by atoms with Gasteiger partial charge >= 0.3 is 0 Å². The minimum atomic E-state index is -0.538. The van der Waals surface area contributed by atoms with Crippen molar-refractivity contribution in [2.45, 2.75) is 91.8 Å². The number of pyridine rings is 1. The van der Waals surface area contributed by atoms with Crippen LogP contribution in [0.25, 0.3) is 5.57 Å². The molecule has 4 rings (SSSR count). The summed E-state index contributed by atoms with van der Waals surface area (Å²) in [5, 5.41) is 21.4. The molecule has 1 atom stereocenters. The lowest BCUT2D eigenvalue weighted by Gasteiger charge is -2.38. The topological polar surface area (TPSA) is 71.8 Å². The van der Waals surface area contributed by atoms with Gasteiger partial charge in [0.25, 0.3) is 0 Å². The van der Waals surface area contributed by atoms with Gasteiger partial charge in [0.2, 0.25) is 0 Å². The molecule has 0 spiro atoms. The van der Waals surface area contributed by atoms with Crippen molar-refractivity contribution in [2.24, 2.45) is 11.3 Å². The summed E-state index contributed by atoms with van der Waals surface area (Å²) in [5.74, 6) is 1.20. The van der Waals surface area contributed by atoms with Crippen LogP contribution < -0.4 is 0 Å². The summed E-state index contributed by atoms with van der Waals surface area (Å²) < 4.78 is 11.1. The normalized spacial score (nSPS) is 23.2. The molecule has 5 nitrogen and oxygen atoms in total. The van der Waals surface area contributed by atoms with Crippen LogP contribution in [0.15, 0.2) is 6.08 Å². The fourth-order valence-corrected chi connectivity index (χ4v) is 4.94. The van der Waals surface area contributed by atoms with E-state index in [-0.39, 0.29) is 12.0 Å².